The number of unbranched alkanes of at least 4 members (excludes halogenated alkanes) is 1. The van der Waals surface area contributed by atoms with E-state index < -0.39 is 0 Å². The van der Waals surface area contributed by atoms with E-state index in [2.05, 4.69) is 19.2 Å². The quantitative estimate of drug-likeness (QED) is 0.470. The van der Waals surface area contributed by atoms with Gasteiger partial charge in [0.1, 0.15) is 5.37 Å². The molecule has 1 saturated heterocycles. The molecule has 31 heavy (non-hydrogen) atoms. The standard InChI is InChI=1S/C25H31ClN2O2S/c1-3-5-6-18(4-2)15-27-24(30)20-9-11-21(12-10-20)25-28(23(29)17-31-25)16-19-7-13-22(26)14-8-19/h7-14,18,25H,3-6,15-17H2,1-2H3,(H,27,30)/t18-,25+/m0/s1. The monoisotopic (exact) mass is 458 g/mol. The number of carbonyl (C=O) groups excluding carboxylic acids is 2. The summed E-state index contributed by atoms with van der Waals surface area (Å²) in [5.74, 6) is 1.10. The van der Waals surface area contributed by atoms with E-state index >= 15 is 0 Å². The molecule has 0 bridgehead atoms. The van der Waals surface area contributed by atoms with Gasteiger partial charge in [0, 0.05) is 23.7 Å². The topological polar surface area (TPSA) is 49.4 Å². The van der Waals surface area contributed by atoms with Crippen molar-refractivity contribution in [2.24, 2.45) is 5.92 Å². The van der Waals surface area contributed by atoms with Gasteiger partial charge in [-0.25, -0.2) is 0 Å². The van der Waals surface area contributed by atoms with E-state index in [0.29, 0.717) is 28.8 Å². The van der Waals surface area contributed by atoms with Crippen molar-refractivity contribution < 1.29 is 9.59 Å². The Bertz CT molecular complexity index is 870. The molecule has 2 aromatic rings. The van der Waals surface area contributed by atoms with Crippen LogP contribution in [0.3, 0.4) is 0 Å². The maximum Gasteiger partial charge on any atom is 0.251 e. The van der Waals surface area contributed by atoms with Crippen LogP contribution in [-0.2, 0) is 11.3 Å². The van der Waals surface area contributed by atoms with Gasteiger partial charge >= 0.3 is 0 Å². The third kappa shape index (κ3) is 6.50. The first-order valence-corrected chi connectivity index (χ1v) is 12.5. The normalized spacial score (nSPS) is 17.1. The third-order valence-electron chi connectivity index (χ3n) is 5.79. The number of benzene rings is 2. The van der Waals surface area contributed by atoms with Crippen molar-refractivity contribution in [3.8, 4) is 0 Å². The van der Waals surface area contributed by atoms with Gasteiger partial charge in [-0.05, 0) is 47.7 Å². The van der Waals surface area contributed by atoms with Crippen LogP contribution in [0, 0.1) is 5.92 Å². The Kier molecular flexibility index (Phi) is 8.85. The Morgan fingerprint density at radius 2 is 1.87 bits per heavy atom. The number of thioether (sulfide) groups is 1. The summed E-state index contributed by atoms with van der Waals surface area (Å²) in [7, 11) is 0. The molecule has 2 atom stereocenters. The van der Waals surface area contributed by atoms with Crippen LogP contribution in [-0.4, -0.2) is 29.0 Å². The fourth-order valence-corrected chi connectivity index (χ4v) is 5.08. The van der Waals surface area contributed by atoms with Gasteiger partial charge in [0.05, 0.1) is 5.75 Å². The van der Waals surface area contributed by atoms with Gasteiger partial charge in [0.25, 0.3) is 5.91 Å². The van der Waals surface area contributed by atoms with Crippen molar-refractivity contribution in [3.63, 3.8) is 0 Å². The van der Waals surface area contributed by atoms with E-state index in [1.165, 1.54) is 12.8 Å². The van der Waals surface area contributed by atoms with Gasteiger partial charge in [-0.15, -0.1) is 11.8 Å². The molecule has 2 amide bonds. The second-order valence-electron chi connectivity index (χ2n) is 8.06. The lowest BCUT2D eigenvalue weighted by molar-refractivity contribution is -0.128. The molecule has 1 aliphatic rings. The Hall–Kier alpha value is -1.98. The molecule has 0 unspecified atom stereocenters. The molecule has 166 valence electrons. The van der Waals surface area contributed by atoms with E-state index in [1.807, 2.05) is 53.4 Å². The molecule has 6 heteroatoms. The summed E-state index contributed by atoms with van der Waals surface area (Å²) in [5.41, 5.74) is 2.75. The zero-order valence-electron chi connectivity index (χ0n) is 18.3. The highest BCUT2D eigenvalue weighted by atomic mass is 35.5. The lowest BCUT2D eigenvalue weighted by atomic mass is 9.99. The molecule has 0 radical (unpaired) electrons. The largest absolute Gasteiger partial charge is 0.352 e. The number of carbonyl (C=O) groups is 2. The van der Waals surface area contributed by atoms with Crippen LogP contribution in [0.2, 0.25) is 5.02 Å². The Labute approximate surface area is 194 Å². The minimum Gasteiger partial charge on any atom is -0.352 e. The first kappa shape index (κ1) is 23.7. The molecule has 0 spiro atoms. The molecule has 1 aliphatic heterocycles. The first-order valence-electron chi connectivity index (χ1n) is 11.1. The van der Waals surface area contributed by atoms with Gasteiger partial charge in [-0.1, -0.05) is 69.0 Å². The van der Waals surface area contributed by atoms with Crippen LogP contribution in [0.4, 0.5) is 0 Å². The molecule has 0 aliphatic carbocycles. The maximum absolute atomic E-state index is 12.6. The Balaban J connectivity index is 1.62. The molecule has 2 aromatic carbocycles. The smallest absolute Gasteiger partial charge is 0.251 e. The number of halogens is 1. The second kappa shape index (κ2) is 11.6. The zero-order valence-corrected chi connectivity index (χ0v) is 19.8. The summed E-state index contributed by atoms with van der Waals surface area (Å²) in [4.78, 5) is 26.9. The van der Waals surface area contributed by atoms with Gasteiger partial charge in [0.15, 0.2) is 0 Å². The Morgan fingerprint density at radius 1 is 1.16 bits per heavy atom. The van der Waals surface area contributed by atoms with Gasteiger partial charge in [-0.3, -0.25) is 9.59 Å². The maximum atomic E-state index is 12.6. The highest BCUT2D eigenvalue weighted by Gasteiger charge is 2.32. The fourth-order valence-electron chi connectivity index (χ4n) is 3.77. The molecular formula is C25H31ClN2O2S. The van der Waals surface area contributed by atoms with Gasteiger partial charge in [0.2, 0.25) is 5.91 Å². The SMILES string of the molecule is CCCC[C@H](CC)CNC(=O)c1ccc([C@H]2SCC(=O)N2Cc2ccc(Cl)cc2)cc1. The summed E-state index contributed by atoms with van der Waals surface area (Å²) < 4.78 is 0. The Morgan fingerprint density at radius 3 is 2.52 bits per heavy atom. The van der Waals surface area contributed by atoms with E-state index in [0.717, 1.165) is 30.5 Å². The van der Waals surface area contributed by atoms with Crippen LogP contribution in [0.1, 0.15) is 66.4 Å². The summed E-state index contributed by atoms with van der Waals surface area (Å²) in [6.45, 7) is 5.64. The average molecular weight is 459 g/mol. The molecule has 1 fully saturated rings. The van der Waals surface area contributed by atoms with Crippen molar-refractivity contribution in [2.45, 2.75) is 51.4 Å². The van der Waals surface area contributed by atoms with Crippen LogP contribution in [0.25, 0.3) is 0 Å². The van der Waals surface area contributed by atoms with Gasteiger partial charge in [-0.2, -0.15) is 0 Å². The lowest BCUT2D eigenvalue weighted by Gasteiger charge is -2.24. The van der Waals surface area contributed by atoms with Crippen molar-refractivity contribution in [1.82, 2.24) is 10.2 Å². The minimum absolute atomic E-state index is 0.0327. The van der Waals surface area contributed by atoms with E-state index in [9.17, 15) is 9.59 Å². The number of amides is 2. The van der Waals surface area contributed by atoms with Gasteiger partial charge < -0.3 is 10.2 Å². The van der Waals surface area contributed by atoms with Crippen LogP contribution in [0.15, 0.2) is 48.5 Å². The number of hydrogen-bond acceptors (Lipinski definition) is 3. The first-order chi connectivity index (χ1) is 15.0. The van der Waals surface area contributed by atoms with E-state index in [-0.39, 0.29) is 17.2 Å². The fraction of sp³-hybridized carbons (Fsp3) is 0.440. The highest BCUT2D eigenvalue weighted by Crippen LogP contribution is 2.39. The predicted octanol–water partition coefficient (Wildman–Crippen LogP) is 6.06. The zero-order chi connectivity index (χ0) is 22.2. The van der Waals surface area contributed by atoms with Crippen molar-refractivity contribution in [1.29, 1.82) is 0 Å². The van der Waals surface area contributed by atoms with Crippen molar-refractivity contribution >= 4 is 35.2 Å². The molecule has 1 N–H and O–H groups in total. The second-order valence-corrected chi connectivity index (χ2v) is 9.56. The minimum atomic E-state index is -0.0428. The predicted molar refractivity (Wildman–Crippen MR) is 129 cm³/mol. The van der Waals surface area contributed by atoms with Crippen LogP contribution >= 0.6 is 23.4 Å². The summed E-state index contributed by atoms with van der Waals surface area (Å²) in [6.07, 6.45) is 4.62. The summed E-state index contributed by atoms with van der Waals surface area (Å²) in [5, 5.41) is 3.73. The number of hydrogen-bond donors (Lipinski definition) is 1. The summed E-state index contributed by atoms with van der Waals surface area (Å²) in [6, 6.07) is 15.3. The number of nitrogens with zero attached hydrogens (tertiary/aromatic N) is 1. The lowest BCUT2D eigenvalue weighted by Crippen LogP contribution is -2.29. The average Bonchev–Trinajstić information content (AvgIpc) is 3.15. The van der Waals surface area contributed by atoms with E-state index in [4.69, 9.17) is 11.6 Å². The van der Waals surface area contributed by atoms with Crippen LogP contribution < -0.4 is 5.32 Å². The van der Waals surface area contributed by atoms with Crippen molar-refractivity contribution in [3.05, 3.63) is 70.2 Å². The summed E-state index contributed by atoms with van der Waals surface area (Å²) >= 11 is 7.60. The molecule has 3 rings (SSSR count). The number of nitrogens with one attached hydrogen (secondary N) is 1. The number of rotatable bonds is 10. The van der Waals surface area contributed by atoms with Crippen LogP contribution in [0.5, 0.6) is 0 Å². The third-order valence-corrected chi connectivity index (χ3v) is 7.29. The molecule has 4 nitrogen and oxygen atoms in total. The molecular weight excluding hydrogens is 428 g/mol. The van der Waals surface area contributed by atoms with E-state index in [1.54, 1.807) is 11.8 Å². The van der Waals surface area contributed by atoms with Crippen molar-refractivity contribution in [2.75, 3.05) is 12.3 Å². The molecule has 1 heterocycles. The molecule has 0 saturated carbocycles. The molecule has 0 aromatic heterocycles. The highest BCUT2D eigenvalue weighted by molar-refractivity contribution is 8.00.